The molecule has 0 aliphatic rings. The molecule has 0 radical (unpaired) electrons. The minimum Gasteiger partial charge on any atom is -0.484 e. The van der Waals surface area contributed by atoms with Gasteiger partial charge in [-0.05, 0) is 18.6 Å². The first-order chi connectivity index (χ1) is 9.67. The maximum atomic E-state index is 5.65. The number of aryl methyl sites for hydroxylation is 1. The van der Waals surface area contributed by atoms with Crippen LogP contribution in [0, 0.1) is 0 Å². The average Bonchev–Trinajstić information content (AvgIpc) is 2.92. The van der Waals surface area contributed by atoms with Crippen molar-refractivity contribution >= 4 is 0 Å². The Balaban J connectivity index is 1.84. The average molecular weight is 274 g/mol. The first kappa shape index (κ1) is 14.5. The molecule has 2 aromatic rings. The molecule has 0 fully saturated rings. The van der Waals surface area contributed by atoms with E-state index in [1.165, 1.54) is 5.56 Å². The van der Waals surface area contributed by atoms with Crippen LogP contribution in [0.5, 0.6) is 5.75 Å². The summed E-state index contributed by atoms with van der Waals surface area (Å²) in [5, 5.41) is 7.53. The van der Waals surface area contributed by atoms with E-state index in [0.717, 1.165) is 24.5 Å². The fourth-order valence-electron chi connectivity index (χ4n) is 1.72. The molecule has 0 atom stereocenters. The van der Waals surface area contributed by atoms with Crippen LogP contribution in [-0.2, 0) is 19.7 Å². The van der Waals surface area contributed by atoms with Crippen molar-refractivity contribution in [3.63, 3.8) is 0 Å². The first-order valence-electron chi connectivity index (χ1n) is 7.00. The highest BCUT2D eigenvalue weighted by Crippen LogP contribution is 2.10. The van der Waals surface area contributed by atoms with Crippen molar-refractivity contribution in [3.8, 4) is 5.75 Å². The standard InChI is InChI=1S/C15H22N4O/c1-4-19-10-15(9-18-19)20-11-14-6-5-13(8-17-14)7-16-12(2)3/h5-6,8-10,12,16H,4,7,11H2,1-3H3. The second-order valence-corrected chi connectivity index (χ2v) is 5.01. The molecule has 0 saturated carbocycles. The first-order valence-corrected chi connectivity index (χ1v) is 7.00. The van der Waals surface area contributed by atoms with Crippen molar-refractivity contribution in [1.29, 1.82) is 0 Å². The van der Waals surface area contributed by atoms with Crippen molar-refractivity contribution in [2.45, 2.75) is 46.5 Å². The third-order valence-corrected chi connectivity index (χ3v) is 2.92. The fourth-order valence-corrected chi connectivity index (χ4v) is 1.72. The maximum Gasteiger partial charge on any atom is 0.157 e. The van der Waals surface area contributed by atoms with Crippen LogP contribution in [0.1, 0.15) is 32.0 Å². The monoisotopic (exact) mass is 274 g/mol. The van der Waals surface area contributed by atoms with Crippen molar-refractivity contribution in [2.24, 2.45) is 0 Å². The third-order valence-electron chi connectivity index (χ3n) is 2.92. The van der Waals surface area contributed by atoms with E-state index in [9.17, 15) is 0 Å². The molecule has 5 heteroatoms. The lowest BCUT2D eigenvalue weighted by Gasteiger charge is -2.08. The quantitative estimate of drug-likeness (QED) is 0.842. The van der Waals surface area contributed by atoms with Gasteiger partial charge in [-0.1, -0.05) is 19.9 Å². The lowest BCUT2D eigenvalue weighted by molar-refractivity contribution is 0.301. The number of aromatic nitrogens is 3. The summed E-state index contributed by atoms with van der Waals surface area (Å²) in [6.45, 7) is 8.46. The van der Waals surface area contributed by atoms with E-state index in [4.69, 9.17) is 4.74 Å². The molecule has 2 heterocycles. The van der Waals surface area contributed by atoms with E-state index in [-0.39, 0.29) is 0 Å². The van der Waals surface area contributed by atoms with Crippen LogP contribution in [0.15, 0.2) is 30.7 Å². The summed E-state index contributed by atoms with van der Waals surface area (Å²) in [5.41, 5.74) is 2.10. The molecule has 2 rings (SSSR count). The van der Waals surface area contributed by atoms with E-state index in [0.29, 0.717) is 12.6 Å². The maximum absolute atomic E-state index is 5.65. The van der Waals surface area contributed by atoms with Gasteiger partial charge in [0.25, 0.3) is 0 Å². The van der Waals surface area contributed by atoms with Gasteiger partial charge in [0.2, 0.25) is 0 Å². The second kappa shape index (κ2) is 7.05. The van der Waals surface area contributed by atoms with E-state index >= 15 is 0 Å². The van der Waals surface area contributed by atoms with E-state index in [1.807, 2.05) is 30.1 Å². The molecule has 0 spiro atoms. The van der Waals surface area contributed by atoms with Gasteiger partial charge >= 0.3 is 0 Å². The molecule has 0 aliphatic carbocycles. The number of nitrogens with one attached hydrogen (secondary N) is 1. The number of hydrogen-bond acceptors (Lipinski definition) is 4. The van der Waals surface area contributed by atoms with Crippen LogP contribution >= 0.6 is 0 Å². The molecule has 20 heavy (non-hydrogen) atoms. The summed E-state index contributed by atoms with van der Waals surface area (Å²) < 4.78 is 7.49. The Morgan fingerprint density at radius 1 is 1.30 bits per heavy atom. The molecule has 0 saturated heterocycles. The van der Waals surface area contributed by atoms with Gasteiger partial charge in [0.05, 0.1) is 18.1 Å². The van der Waals surface area contributed by atoms with Gasteiger partial charge in [-0.3, -0.25) is 9.67 Å². The van der Waals surface area contributed by atoms with Gasteiger partial charge in [-0.15, -0.1) is 0 Å². The molecule has 108 valence electrons. The number of hydrogen-bond donors (Lipinski definition) is 1. The van der Waals surface area contributed by atoms with Crippen molar-refractivity contribution in [3.05, 3.63) is 42.0 Å². The highest BCUT2D eigenvalue weighted by Gasteiger charge is 2.01. The molecular weight excluding hydrogens is 252 g/mol. The van der Waals surface area contributed by atoms with Crippen LogP contribution in [-0.4, -0.2) is 20.8 Å². The van der Waals surface area contributed by atoms with Crippen LogP contribution in [0.3, 0.4) is 0 Å². The van der Waals surface area contributed by atoms with Crippen molar-refractivity contribution in [1.82, 2.24) is 20.1 Å². The molecule has 1 N–H and O–H groups in total. The Morgan fingerprint density at radius 2 is 2.15 bits per heavy atom. The van der Waals surface area contributed by atoms with Crippen LogP contribution < -0.4 is 10.1 Å². The van der Waals surface area contributed by atoms with Gasteiger partial charge < -0.3 is 10.1 Å². The molecule has 0 bridgehead atoms. The minimum atomic E-state index is 0.466. The lowest BCUT2D eigenvalue weighted by atomic mass is 10.2. The van der Waals surface area contributed by atoms with E-state index in [2.05, 4.69) is 35.3 Å². The van der Waals surface area contributed by atoms with E-state index in [1.54, 1.807) is 6.20 Å². The molecule has 0 unspecified atom stereocenters. The number of rotatable bonds is 7. The van der Waals surface area contributed by atoms with Crippen LogP contribution in [0.4, 0.5) is 0 Å². The summed E-state index contributed by atoms with van der Waals surface area (Å²) in [5.74, 6) is 0.777. The molecule has 0 aliphatic heterocycles. The van der Waals surface area contributed by atoms with Crippen molar-refractivity contribution in [2.75, 3.05) is 0 Å². The smallest absolute Gasteiger partial charge is 0.157 e. The zero-order valence-electron chi connectivity index (χ0n) is 12.3. The summed E-state index contributed by atoms with van der Waals surface area (Å²) in [6.07, 6.45) is 5.51. The molecule has 0 aromatic carbocycles. The largest absolute Gasteiger partial charge is 0.484 e. The molecule has 5 nitrogen and oxygen atoms in total. The van der Waals surface area contributed by atoms with Gasteiger partial charge in [-0.2, -0.15) is 5.10 Å². The predicted octanol–water partition coefficient (Wildman–Crippen LogP) is 2.38. The summed E-state index contributed by atoms with van der Waals surface area (Å²) in [4.78, 5) is 4.41. The summed E-state index contributed by atoms with van der Waals surface area (Å²) in [6, 6.07) is 4.56. The zero-order valence-corrected chi connectivity index (χ0v) is 12.3. The van der Waals surface area contributed by atoms with Gasteiger partial charge in [0, 0.05) is 25.3 Å². The van der Waals surface area contributed by atoms with Crippen LogP contribution in [0.2, 0.25) is 0 Å². The molecular formula is C15H22N4O. The summed E-state index contributed by atoms with van der Waals surface area (Å²) >= 11 is 0. The Morgan fingerprint density at radius 3 is 2.75 bits per heavy atom. The number of nitrogens with zero attached hydrogens (tertiary/aromatic N) is 3. The predicted molar refractivity (Wildman–Crippen MR) is 78.4 cm³/mol. The third kappa shape index (κ3) is 4.35. The SMILES string of the molecule is CCn1cc(OCc2ccc(CNC(C)C)cn2)cn1. The Hall–Kier alpha value is -1.88. The highest BCUT2D eigenvalue weighted by molar-refractivity contribution is 5.16. The lowest BCUT2D eigenvalue weighted by Crippen LogP contribution is -2.21. The van der Waals surface area contributed by atoms with Crippen molar-refractivity contribution < 1.29 is 4.74 Å². The van der Waals surface area contributed by atoms with Crippen LogP contribution in [0.25, 0.3) is 0 Å². The van der Waals surface area contributed by atoms with Gasteiger partial charge in [0.1, 0.15) is 6.61 Å². The number of pyridine rings is 1. The minimum absolute atomic E-state index is 0.466. The topological polar surface area (TPSA) is 52.0 Å². The highest BCUT2D eigenvalue weighted by atomic mass is 16.5. The second-order valence-electron chi connectivity index (χ2n) is 5.01. The van der Waals surface area contributed by atoms with E-state index < -0.39 is 0 Å². The Kier molecular flexibility index (Phi) is 5.12. The fraction of sp³-hybridized carbons (Fsp3) is 0.467. The summed E-state index contributed by atoms with van der Waals surface area (Å²) in [7, 11) is 0. The van der Waals surface area contributed by atoms with Gasteiger partial charge in [-0.25, -0.2) is 0 Å². The van der Waals surface area contributed by atoms with Gasteiger partial charge in [0.15, 0.2) is 5.75 Å². The Labute approximate surface area is 120 Å². The molecule has 2 aromatic heterocycles. The number of ether oxygens (including phenoxy) is 1. The molecule has 0 amide bonds. The zero-order chi connectivity index (χ0) is 14.4. The normalized spacial score (nSPS) is 11.0. The Bertz CT molecular complexity index is 519.